The van der Waals surface area contributed by atoms with Crippen LogP contribution in [-0.4, -0.2) is 5.78 Å². The predicted molar refractivity (Wildman–Crippen MR) is 79.5 cm³/mol. The van der Waals surface area contributed by atoms with Gasteiger partial charge in [0.25, 0.3) is 0 Å². The summed E-state index contributed by atoms with van der Waals surface area (Å²) in [5.74, 6) is 1.64. The summed E-state index contributed by atoms with van der Waals surface area (Å²) < 4.78 is 0. The molecule has 0 aromatic heterocycles. The highest BCUT2D eigenvalue weighted by atomic mass is 16.1. The second-order valence-corrected chi connectivity index (χ2v) is 6.65. The number of hydrogen-bond donors (Lipinski definition) is 0. The lowest BCUT2D eigenvalue weighted by molar-refractivity contribution is -0.128. The molecule has 1 aromatic rings. The highest BCUT2D eigenvalue weighted by Crippen LogP contribution is 2.59. The number of hydrogen-bond acceptors (Lipinski definition) is 1. The van der Waals surface area contributed by atoms with Crippen LogP contribution in [0.3, 0.4) is 0 Å². The van der Waals surface area contributed by atoms with Crippen molar-refractivity contribution in [3.63, 3.8) is 0 Å². The van der Waals surface area contributed by atoms with E-state index < -0.39 is 0 Å². The van der Waals surface area contributed by atoms with Crippen molar-refractivity contribution in [2.75, 3.05) is 0 Å². The van der Waals surface area contributed by atoms with Gasteiger partial charge >= 0.3 is 0 Å². The topological polar surface area (TPSA) is 17.1 Å². The second-order valence-electron chi connectivity index (χ2n) is 6.65. The first-order valence-corrected chi connectivity index (χ1v) is 7.98. The summed E-state index contributed by atoms with van der Waals surface area (Å²) in [6, 6.07) is 9.65. The molecule has 4 rings (SSSR count). The maximum absolute atomic E-state index is 12.4. The molecule has 0 N–H and O–H groups in total. The van der Waals surface area contributed by atoms with Gasteiger partial charge in [0.05, 0.1) is 0 Å². The largest absolute Gasteiger partial charge is 0.299 e. The predicted octanol–water partition coefficient (Wildman–Crippen LogP) is 4.22. The fourth-order valence-corrected chi connectivity index (χ4v) is 5.07. The number of allylic oxidation sites excluding steroid dienone is 2. The monoisotopic (exact) mass is 265 g/mol. The third-order valence-corrected chi connectivity index (χ3v) is 6.12. The number of carbonyl (C=O) groups is 1. The molecule has 0 bridgehead atoms. The quantitative estimate of drug-likeness (QED) is 0.695. The molecule has 0 heterocycles. The fourth-order valence-electron chi connectivity index (χ4n) is 5.07. The van der Waals surface area contributed by atoms with E-state index in [0.29, 0.717) is 17.6 Å². The Morgan fingerprint density at radius 1 is 1.40 bits per heavy atom. The zero-order valence-electron chi connectivity index (χ0n) is 12.1. The average molecular weight is 265 g/mol. The molecule has 103 valence electrons. The Bertz CT molecular complexity index is 598. The molecule has 1 nitrogen and oxygen atoms in total. The van der Waals surface area contributed by atoms with Crippen molar-refractivity contribution in [3.8, 4) is 0 Å². The molecule has 2 fully saturated rings. The van der Waals surface area contributed by atoms with E-state index in [4.69, 9.17) is 0 Å². The first-order valence-electron chi connectivity index (χ1n) is 7.98. The van der Waals surface area contributed by atoms with Gasteiger partial charge in [0, 0.05) is 17.8 Å². The third-order valence-electron chi connectivity index (χ3n) is 6.12. The molecule has 1 aromatic carbocycles. The van der Waals surface area contributed by atoms with Crippen LogP contribution in [0.25, 0.3) is 0 Å². The summed E-state index contributed by atoms with van der Waals surface area (Å²) in [6.45, 7) is 2.21. The molecule has 0 unspecified atom stereocenters. The molecule has 0 saturated heterocycles. The Kier molecular flexibility index (Phi) is 2.67. The van der Waals surface area contributed by atoms with Gasteiger partial charge in [-0.25, -0.2) is 0 Å². The first-order chi connectivity index (χ1) is 9.76. The van der Waals surface area contributed by atoms with Gasteiger partial charge in [0.2, 0.25) is 0 Å². The van der Waals surface area contributed by atoms with Crippen LogP contribution in [0.1, 0.15) is 56.1 Å². The van der Waals surface area contributed by atoms with Crippen molar-refractivity contribution in [2.45, 2.75) is 51.4 Å². The Balaban J connectivity index is 1.78. The van der Waals surface area contributed by atoms with E-state index in [0.717, 1.165) is 38.5 Å². The van der Waals surface area contributed by atoms with Crippen molar-refractivity contribution in [1.82, 2.24) is 0 Å². The van der Waals surface area contributed by atoms with Crippen molar-refractivity contribution in [1.29, 1.82) is 0 Å². The lowest BCUT2D eigenvalue weighted by Gasteiger charge is -2.45. The van der Waals surface area contributed by atoms with Gasteiger partial charge in [0.15, 0.2) is 0 Å². The number of fused-ring (bicyclic) bond motifs is 5. The highest BCUT2D eigenvalue weighted by molar-refractivity contribution is 5.88. The van der Waals surface area contributed by atoms with E-state index in [9.17, 15) is 4.79 Å². The number of ketones is 1. The second kappa shape index (κ2) is 4.31. The zero-order chi connectivity index (χ0) is 13.7. The van der Waals surface area contributed by atoms with E-state index in [-0.39, 0.29) is 5.41 Å². The lowest BCUT2D eigenvalue weighted by atomic mass is 9.58. The van der Waals surface area contributed by atoms with E-state index in [1.807, 2.05) is 6.07 Å². The molecule has 2 saturated carbocycles. The van der Waals surface area contributed by atoms with Gasteiger partial charge < -0.3 is 0 Å². The maximum Gasteiger partial charge on any atom is 0.139 e. The van der Waals surface area contributed by atoms with Gasteiger partial charge in [-0.2, -0.15) is 0 Å². The Morgan fingerprint density at radius 2 is 2.30 bits per heavy atom. The molecule has 0 spiro atoms. The Labute approximate surface area is 121 Å². The first kappa shape index (κ1) is 12.4. The zero-order valence-corrected chi connectivity index (χ0v) is 12.1. The summed E-state index contributed by atoms with van der Waals surface area (Å²) in [4.78, 5) is 12.4. The van der Waals surface area contributed by atoms with Crippen LogP contribution >= 0.6 is 0 Å². The highest BCUT2D eigenvalue weighted by Gasteiger charge is 2.53. The Hall–Kier alpha value is -1.37. The number of benzene rings is 1. The molecular weight excluding hydrogens is 244 g/mol. The molecule has 1 radical (unpaired) electrons. The number of rotatable bonds is 1. The van der Waals surface area contributed by atoms with E-state index in [2.05, 4.69) is 31.2 Å². The summed E-state index contributed by atoms with van der Waals surface area (Å²) in [5, 5.41) is 0. The minimum atomic E-state index is -0.0132. The number of Topliss-reactive ketones (excluding diaryl/α,β-unsaturated/α-hetero) is 1. The van der Waals surface area contributed by atoms with Crippen molar-refractivity contribution in [3.05, 3.63) is 47.0 Å². The normalized spacial score (nSPS) is 35.0. The summed E-state index contributed by atoms with van der Waals surface area (Å²) in [6.07, 6.45) is 8.62. The van der Waals surface area contributed by atoms with Crippen molar-refractivity contribution >= 4 is 5.78 Å². The fraction of sp³-hybridized carbons (Fsp3) is 0.526. The SMILES string of the molecule is CC[C@]12CC[C@H]3C(=CCc4c[c]ccc43)[C@@H]1CCC2=O. The Morgan fingerprint density at radius 3 is 3.15 bits per heavy atom. The van der Waals surface area contributed by atoms with Gasteiger partial charge in [0.1, 0.15) is 5.78 Å². The summed E-state index contributed by atoms with van der Waals surface area (Å²) in [7, 11) is 0. The summed E-state index contributed by atoms with van der Waals surface area (Å²) >= 11 is 0. The summed E-state index contributed by atoms with van der Waals surface area (Å²) in [5.41, 5.74) is 4.52. The lowest BCUT2D eigenvalue weighted by Crippen LogP contribution is -2.39. The van der Waals surface area contributed by atoms with E-state index in [1.54, 1.807) is 5.57 Å². The molecule has 1 heteroatoms. The molecule has 0 amide bonds. The molecule has 3 aliphatic rings. The third kappa shape index (κ3) is 1.47. The van der Waals surface area contributed by atoms with Crippen LogP contribution in [0.15, 0.2) is 29.8 Å². The molecule has 3 aliphatic carbocycles. The smallest absolute Gasteiger partial charge is 0.139 e. The van der Waals surface area contributed by atoms with Gasteiger partial charge in [-0.1, -0.05) is 36.8 Å². The van der Waals surface area contributed by atoms with Gasteiger partial charge in [-0.05, 0) is 55.2 Å². The van der Waals surface area contributed by atoms with Gasteiger partial charge in [-0.3, -0.25) is 4.79 Å². The minimum Gasteiger partial charge on any atom is -0.299 e. The van der Waals surface area contributed by atoms with Crippen molar-refractivity contribution in [2.24, 2.45) is 11.3 Å². The molecule has 3 atom stereocenters. The van der Waals surface area contributed by atoms with E-state index in [1.165, 1.54) is 11.1 Å². The van der Waals surface area contributed by atoms with Crippen LogP contribution in [0, 0.1) is 17.4 Å². The molecule has 0 aliphatic heterocycles. The van der Waals surface area contributed by atoms with E-state index >= 15 is 0 Å². The van der Waals surface area contributed by atoms with Crippen LogP contribution in [0.2, 0.25) is 0 Å². The van der Waals surface area contributed by atoms with Crippen LogP contribution in [0.4, 0.5) is 0 Å². The van der Waals surface area contributed by atoms with Gasteiger partial charge in [-0.15, -0.1) is 0 Å². The standard InChI is InChI=1S/C19H21O/c1-2-19-12-11-15-14-6-4-3-5-13(14)7-8-16(15)17(19)9-10-18(19)20/h4-6,8,15,17H,2,7,9-12H2,1H3/t15-,17+,19+/m1/s1. The molecular formula is C19H21O. The van der Waals surface area contributed by atoms with Crippen LogP contribution < -0.4 is 0 Å². The molecule has 20 heavy (non-hydrogen) atoms. The number of carbonyl (C=O) groups excluding carboxylic acids is 1. The van der Waals surface area contributed by atoms with Crippen molar-refractivity contribution < 1.29 is 4.79 Å². The minimum absolute atomic E-state index is 0.0132. The maximum atomic E-state index is 12.4. The van der Waals surface area contributed by atoms with Crippen LogP contribution in [0.5, 0.6) is 0 Å². The average Bonchev–Trinajstić information content (AvgIpc) is 2.85. The van der Waals surface area contributed by atoms with Crippen LogP contribution in [-0.2, 0) is 11.2 Å².